The molecule has 7 nitrogen and oxygen atoms in total. The van der Waals surface area contributed by atoms with Crippen molar-refractivity contribution in [2.24, 2.45) is 0 Å². The molecule has 0 N–H and O–H groups in total. The quantitative estimate of drug-likeness (QED) is 0.0646. The molecule has 0 atom stereocenters. The molecule has 0 amide bonds. The van der Waals surface area contributed by atoms with E-state index in [1.165, 1.54) is 44.9 Å². The zero-order valence-corrected chi connectivity index (χ0v) is 26.5. The number of alkyl halides is 17. The third-order valence-electron chi connectivity index (χ3n) is 5.73. The molecule has 280 valence electrons. The van der Waals surface area contributed by atoms with Crippen molar-refractivity contribution in [3.05, 3.63) is 0 Å². The normalized spacial score (nSPS) is 14.4. The van der Waals surface area contributed by atoms with E-state index in [9.17, 15) is 101 Å². The summed E-state index contributed by atoms with van der Waals surface area (Å²) in [5, 5.41) is -7.95. The van der Waals surface area contributed by atoms with Crippen LogP contribution in [0.5, 0.6) is 0 Å². The molecular formula is C20H25F17Li2O7S2. The number of rotatable bonds is 19. The van der Waals surface area contributed by atoms with Crippen molar-refractivity contribution >= 4 is 20.5 Å². The van der Waals surface area contributed by atoms with Gasteiger partial charge in [-0.05, 0) is 6.42 Å². The van der Waals surface area contributed by atoms with Crippen molar-refractivity contribution in [1.82, 2.24) is 0 Å². The van der Waals surface area contributed by atoms with Gasteiger partial charge in [-0.2, -0.15) is 74.6 Å². The molecule has 28 heteroatoms. The second kappa shape index (κ2) is 19.0. The first kappa shape index (κ1) is 54.6. The van der Waals surface area contributed by atoms with Gasteiger partial charge in [0.25, 0.3) is 0 Å². The zero-order chi connectivity index (χ0) is 37.5. The second-order valence-electron chi connectivity index (χ2n) is 9.33. The molecule has 0 spiro atoms. The van der Waals surface area contributed by atoms with Crippen LogP contribution in [0, 0.1) is 0 Å². The molecule has 0 heterocycles. The van der Waals surface area contributed by atoms with E-state index in [1.54, 1.807) is 0 Å². The van der Waals surface area contributed by atoms with Crippen LogP contribution in [-0.2, 0) is 24.7 Å². The van der Waals surface area contributed by atoms with E-state index in [0.717, 1.165) is 12.8 Å². The maximum absolute atomic E-state index is 13.0. The summed E-state index contributed by atoms with van der Waals surface area (Å²) in [5.74, 6) is -52.1. The van der Waals surface area contributed by atoms with Crippen LogP contribution in [-0.4, -0.2) is 79.5 Å². The number of halogens is 17. The third kappa shape index (κ3) is 12.5. The van der Waals surface area contributed by atoms with E-state index >= 15 is 0 Å². The van der Waals surface area contributed by atoms with Crippen LogP contribution in [0.1, 0.15) is 71.1 Å². The van der Waals surface area contributed by atoms with Gasteiger partial charge >= 0.3 is 84.7 Å². The van der Waals surface area contributed by atoms with Crippen LogP contribution >= 0.6 is 0 Å². The topological polar surface area (TPSA) is 124 Å². The smallest absolute Gasteiger partial charge is 0.743 e. The molecule has 48 heavy (non-hydrogen) atoms. The minimum atomic E-state index is -8.92. The van der Waals surface area contributed by atoms with Crippen molar-refractivity contribution in [2.75, 3.05) is 6.61 Å². The fourth-order valence-corrected chi connectivity index (χ4v) is 3.82. The summed E-state index contributed by atoms with van der Waals surface area (Å²) in [7, 11) is -12.6. The average molecular weight is 778 g/mol. The molecule has 0 aromatic rings. The summed E-state index contributed by atoms with van der Waals surface area (Å²) in [4.78, 5) is 0. The van der Waals surface area contributed by atoms with Crippen LogP contribution in [0.4, 0.5) is 74.6 Å². The molecule has 0 radical (unpaired) electrons. The van der Waals surface area contributed by atoms with Gasteiger partial charge in [0.2, 0.25) is 10.4 Å². The Balaban J connectivity index is -0.000000438. The van der Waals surface area contributed by atoms with Gasteiger partial charge < -0.3 is 9.11 Å². The van der Waals surface area contributed by atoms with Gasteiger partial charge in [-0.1, -0.05) is 64.7 Å². The Bertz CT molecular complexity index is 1170. The van der Waals surface area contributed by atoms with Crippen LogP contribution in [0.2, 0.25) is 0 Å². The molecular weight excluding hydrogens is 753 g/mol. The zero-order valence-electron chi connectivity index (χ0n) is 24.9. The maximum atomic E-state index is 13.0. The predicted octanol–water partition coefficient (Wildman–Crippen LogP) is 1.89. The molecule has 0 aromatic heterocycles. The Morgan fingerprint density at radius 2 is 0.729 bits per heavy atom. The Morgan fingerprint density at radius 3 is 1.00 bits per heavy atom. The molecule has 0 unspecified atom stereocenters. The Labute approximate surface area is 287 Å². The summed E-state index contributed by atoms with van der Waals surface area (Å²) in [5.41, 5.74) is 0. The van der Waals surface area contributed by atoms with E-state index in [4.69, 9.17) is 0 Å². The minimum absolute atomic E-state index is 0. The monoisotopic (exact) mass is 778 g/mol. The average Bonchev–Trinajstić information content (AvgIpc) is 2.85. The van der Waals surface area contributed by atoms with Crippen LogP contribution in [0.15, 0.2) is 0 Å². The van der Waals surface area contributed by atoms with Gasteiger partial charge in [-0.25, -0.2) is 16.8 Å². The molecule has 0 aliphatic rings. The van der Waals surface area contributed by atoms with E-state index in [0.29, 0.717) is 6.42 Å². The van der Waals surface area contributed by atoms with Crippen molar-refractivity contribution in [1.29, 1.82) is 0 Å². The van der Waals surface area contributed by atoms with E-state index < -0.39 is 67.5 Å². The third-order valence-corrected chi connectivity index (χ3v) is 7.07. The summed E-state index contributed by atoms with van der Waals surface area (Å²) < 4.78 is 279. The van der Waals surface area contributed by atoms with Crippen LogP contribution in [0.25, 0.3) is 0 Å². The van der Waals surface area contributed by atoms with Crippen molar-refractivity contribution in [3.8, 4) is 0 Å². The first-order valence-corrected chi connectivity index (χ1v) is 15.1. The SMILES string of the molecule is CCCCCCCCCCCCOS(=O)(=O)[O-].O=S(=O)([O-])C(F)(F)C(F)(F)C(F)(F)C(F)(F)C(F)(F)C(F)(F)C(F)(F)C(F)(F)F.[Li+].[Li+]. The second-order valence-corrected chi connectivity index (χ2v) is 11.8. The fourth-order valence-electron chi connectivity index (χ4n) is 3.06. The summed E-state index contributed by atoms with van der Waals surface area (Å²) in [6.45, 7) is 2.24. The number of hydrogen-bond donors (Lipinski definition) is 0. The van der Waals surface area contributed by atoms with Gasteiger partial charge in [0.15, 0.2) is 10.1 Å². The molecule has 0 aromatic carbocycles. The minimum Gasteiger partial charge on any atom is -0.743 e. The summed E-state index contributed by atoms with van der Waals surface area (Å²) in [6.07, 6.45) is 3.81. The van der Waals surface area contributed by atoms with Gasteiger partial charge in [0.05, 0.1) is 6.61 Å². The Morgan fingerprint density at radius 1 is 0.458 bits per heavy atom. The van der Waals surface area contributed by atoms with Crippen LogP contribution in [0.3, 0.4) is 0 Å². The predicted molar refractivity (Wildman–Crippen MR) is 118 cm³/mol. The van der Waals surface area contributed by atoms with E-state index in [2.05, 4.69) is 11.1 Å². The summed E-state index contributed by atoms with van der Waals surface area (Å²) in [6, 6.07) is 0. The van der Waals surface area contributed by atoms with Gasteiger partial charge in [-0.15, -0.1) is 0 Å². The molecule has 0 aliphatic heterocycles. The molecule has 0 saturated carbocycles. The molecule has 0 rings (SSSR count). The largest absolute Gasteiger partial charge is 1.00 e. The molecule has 0 aliphatic carbocycles. The standard InChI is InChI=1S/C12H26O4S.C8HF17O3S.2Li/c1-2-3-4-5-6-7-8-9-10-11-12-16-17(13,14)15;9-1(10,3(13,14)5(17,18)7(21,22)23)2(11,12)4(15,16)6(19,20)8(24,25)29(26,27)28;;/h2-12H2,1H3,(H,13,14,15);(H,26,27,28);;/q;;2*+1/p-2. The summed E-state index contributed by atoms with van der Waals surface area (Å²) >= 11 is 0. The molecule has 0 saturated heterocycles. The molecule has 0 bridgehead atoms. The number of unbranched alkanes of at least 4 members (excludes halogenated alkanes) is 9. The fraction of sp³-hybridized carbons (Fsp3) is 1.00. The van der Waals surface area contributed by atoms with Gasteiger partial charge in [0, 0.05) is 0 Å². The number of hydrogen-bond acceptors (Lipinski definition) is 7. The van der Waals surface area contributed by atoms with Crippen LogP contribution < -0.4 is 37.7 Å². The molecule has 0 fully saturated rings. The van der Waals surface area contributed by atoms with E-state index in [1.807, 2.05) is 0 Å². The first-order chi connectivity index (χ1) is 20.1. The maximum Gasteiger partial charge on any atom is 1.00 e. The van der Waals surface area contributed by atoms with E-state index in [-0.39, 0.29) is 44.3 Å². The van der Waals surface area contributed by atoms with Crippen molar-refractivity contribution in [3.63, 3.8) is 0 Å². The Hall–Kier alpha value is -0.215. The first-order valence-electron chi connectivity index (χ1n) is 12.3. The van der Waals surface area contributed by atoms with Crippen molar-refractivity contribution in [2.45, 2.75) is 118 Å². The van der Waals surface area contributed by atoms with Gasteiger partial charge in [-0.3, -0.25) is 4.18 Å². The van der Waals surface area contributed by atoms with Crippen molar-refractivity contribution < 1.29 is 142 Å². The van der Waals surface area contributed by atoms with Gasteiger partial charge in [0.1, 0.15) is 0 Å². The Kier molecular flexibility index (Phi) is 21.6.